The quantitative estimate of drug-likeness (QED) is 0.686. The maximum atomic E-state index is 13.1. The van der Waals surface area contributed by atoms with Gasteiger partial charge in [-0.1, -0.05) is 0 Å². The van der Waals surface area contributed by atoms with E-state index in [4.69, 9.17) is 0 Å². The van der Waals surface area contributed by atoms with Gasteiger partial charge in [0.25, 0.3) is 0 Å². The molecular weight excluding hydrogens is 341 g/mol. The van der Waals surface area contributed by atoms with Crippen molar-refractivity contribution in [1.29, 1.82) is 0 Å². The summed E-state index contributed by atoms with van der Waals surface area (Å²) in [4.78, 5) is 6.91. The predicted molar refractivity (Wildman–Crippen MR) is 104 cm³/mol. The van der Waals surface area contributed by atoms with Crippen LogP contribution in [-0.2, 0) is 0 Å². The number of benzene rings is 1. The molecule has 5 nitrogen and oxygen atoms in total. The Hall–Kier alpha value is -2.76. The second-order valence-corrected chi connectivity index (χ2v) is 7.36. The molecule has 1 aliphatic heterocycles. The highest BCUT2D eigenvalue weighted by atomic mass is 19.1. The molecule has 1 fully saturated rings. The van der Waals surface area contributed by atoms with Gasteiger partial charge in [0.1, 0.15) is 11.6 Å². The number of anilines is 1. The molecule has 1 aliphatic rings. The zero-order valence-corrected chi connectivity index (χ0v) is 15.7. The second-order valence-electron chi connectivity index (χ2n) is 7.36. The Balaban J connectivity index is 1.51. The van der Waals surface area contributed by atoms with Gasteiger partial charge in [-0.25, -0.2) is 9.37 Å². The normalized spacial score (nSPS) is 17.5. The highest BCUT2D eigenvalue weighted by molar-refractivity contribution is 5.59. The van der Waals surface area contributed by atoms with Gasteiger partial charge in [0, 0.05) is 43.0 Å². The summed E-state index contributed by atoms with van der Waals surface area (Å²) in [6.45, 7) is 6.24. The molecule has 0 N–H and O–H groups in total. The summed E-state index contributed by atoms with van der Waals surface area (Å²) in [5, 5.41) is 8.78. The maximum Gasteiger partial charge on any atom is 0.151 e. The third-order valence-corrected chi connectivity index (χ3v) is 5.16. The van der Waals surface area contributed by atoms with Crippen molar-refractivity contribution in [2.24, 2.45) is 0 Å². The molecule has 0 saturated carbocycles. The average molecular weight is 365 g/mol. The summed E-state index contributed by atoms with van der Waals surface area (Å²) in [5.41, 5.74) is 1.62. The van der Waals surface area contributed by atoms with Crippen LogP contribution >= 0.6 is 0 Å². The highest BCUT2D eigenvalue weighted by Gasteiger charge is 2.26. The SMILES string of the molecule is CC(C)n1ccnc1[C@@H]1CCCN(c2ccc(-c3ccc(F)cc3)nn2)C1. The van der Waals surface area contributed by atoms with E-state index in [1.807, 2.05) is 18.3 Å². The van der Waals surface area contributed by atoms with Crippen LogP contribution in [0, 0.1) is 5.82 Å². The van der Waals surface area contributed by atoms with E-state index >= 15 is 0 Å². The lowest BCUT2D eigenvalue weighted by molar-refractivity contribution is 0.453. The number of imidazole rings is 1. The summed E-state index contributed by atoms with van der Waals surface area (Å²) in [6.07, 6.45) is 6.21. The van der Waals surface area contributed by atoms with Crippen molar-refractivity contribution in [2.45, 2.75) is 38.6 Å². The fraction of sp³-hybridized carbons (Fsp3) is 0.381. The molecule has 3 heterocycles. The number of piperidine rings is 1. The van der Waals surface area contributed by atoms with E-state index in [0.29, 0.717) is 12.0 Å². The third-order valence-electron chi connectivity index (χ3n) is 5.16. The number of halogens is 1. The molecule has 0 aliphatic carbocycles. The Morgan fingerprint density at radius 2 is 1.89 bits per heavy atom. The Kier molecular flexibility index (Phi) is 4.88. The topological polar surface area (TPSA) is 46.8 Å². The monoisotopic (exact) mass is 365 g/mol. The molecule has 6 heteroatoms. The van der Waals surface area contributed by atoms with Crippen molar-refractivity contribution in [2.75, 3.05) is 18.0 Å². The molecule has 0 amide bonds. The van der Waals surface area contributed by atoms with E-state index in [2.05, 4.69) is 44.7 Å². The Morgan fingerprint density at radius 3 is 2.59 bits per heavy atom. The maximum absolute atomic E-state index is 13.1. The zero-order chi connectivity index (χ0) is 18.8. The van der Waals surface area contributed by atoms with Crippen molar-refractivity contribution in [1.82, 2.24) is 19.7 Å². The molecule has 0 radical (unpaired) electrons. The van der Waals surface area contributed by atoms with Gasteiger partial charge in [-0.15, -0.1) is 10.2 Å². The summed E-state index contributed by atoms with van der Waals surface area (Å²) in [7, 11) is 0. The van der Waals surface area contributed by atoms with Crippen LogP contribution < -0.4 is 4.90 Å². The van der Waals surface area contributed by atoms with Gasteiger partial charge in [-0.3, -0.25) is 0 Å². The lowest BCUT2D eigenvalue weighted by Crippen LogP contribution is -2.36. The van der Waals surface area contributed by atoms with Crippen molar-refractivity contribution < 1.29 is 4.39 Å². The average Bonchev–Trinajstić information content (AvgIpc) is 3.19. The second kappa shape index (κ2) is 7.47. The van der Waals surface area contributed by atoms with Crippen LogP contribution in [0.2, 0.25) is 0 Å². The molecule has 27 heavy (non-hydrogen) atoms. The van der Waals surface area contributed by atoms with E-state index in [9.17, 15) is 4.39 Å². The Morgan fingerprint density at radius 1 is 1.07 bits per heavy atom. The smallest absolute Gasteiger partial charge is 0.151 e. The number of rotatable bonds is 4. The fourth-order valence-electron chi connectivity index (χ4n) is 3.74. The van der Waals surface area contributed by atoms with Gasteiger partial charge in [-0.2, -0.15) is 0 Å². The first-order valence-electron chi connectivity index (χ1n) is 9.49. The van der Waals surface area contributed by atoms with Crippen LogP contribution in [0.3, 0.4) is 0 Å². The fourth-order valence-corrected chi connectivity index (χ4v) is 3.74. The van der Waals surface area contributed by atoms with E-state index < -0.39 is 0 Å². The number of nitrogens with zero attached hydrogens (tertiary/aromatic N) is 5. The van der Waals surface area contributed by atoms with Crippen molar-refractivity contribution in [3.63, 3.8) is 0 Å². The van der Waals surface area contributed by atoms with Crippen LogP contribution in [0.25, 0.3) is 11.3 Å². The number of hydrogen-bond acceptors (Lipinski definition) is 4. The van der Waals surface area contributed by atoms with Crippen LogP contribution in [0.4, 0.5) is 10.2 Å². The molecule has 1 saturated heterocycles. The minimum absolute atomic E-state index is 0.248. The van der Waals surface area contributed by atoms with Crippen LogP contribution in [0.1, 0.15) is 44.5 Å². The minimum atomic E-state index is -0.248. The van der Waals surface area contributed by atoms with Crippen molar-refractivity contribution in [3.8, 4) is 11.3 Å². The lowest BCUT2D eigenvalue weighted by Gasteiger charge is -2.33. The van der Waals surface area contributed by atoms with Crippen LogP contribution in [0.5, 0.6) is 0 Å². The molecule has 0 unspecified atom stereocenters. The van der Waals surface area contributed by atoms with Gasteiger partial charge in [-0.05, 0) is 63.1 Å². The Labute approximate surface area is 158 Å². The molecule has 0 bridgehead atoms. The first-order chi connectivity index (χ1) is 13.1. The van der Waals surface area contributed by atoms with E-state index in [-0.39, 0.29) is 5.82 Å². The molecule has 2 aromatic heterocycles. The van der Waals surface area contributed by atoms with Gasteiger partial charge >= 0.3 is 0 Å². The third kappa shape index (κ3) is 3.70. The summed E-state index contributed by atoms with van der Waals surface area (Å²) in [5.74, 6) is 2.19. The summed E-state index contributed by atoms with van der Waals surface area (Å²) < 4.78 is 15.4. The lowest BCUT2D eigenvalue weighted by atomic mass is 9.97. The summed E-state index contributed by atoms with van der Waals surface area (Å²) >= 11 is 0. The van der Waals surface area contributed by atoms with E-state index in [0.717, 1.165) is 48.8 Å². The van der Waals surface area contributed by atoms with Gasteiger partial charge < -0.3 is 9.47 Å². The van der Waals surface area contributed by atoms with Gasteiger partial charge in [0.15, 0.2) is 5.82 Å². The van der Waals surface area contributed by atoms with Gasteiger partial charge in [0.2, 0.25) is 0 Å². The van der Waals surface area contributed by atoms with Crippen LogP contribution in [0.15, 0.2) is 48.8 Å². The standard InChI is InChI=1S/C21H24FN5/c1-15(2)27-13-11-23-21(27)17-4-3-12-26(14-17)20-10-9-19(24-25-20)16-5-7-18(22)8-6-16/h5-11,13,15,17H,3-4,12,14H2,1-2H3/t17-/m1/s1. The van der Waals surface area contributed by atoms with Crippen molar-refractivity contribution >= 4 is 5.82 Å². The van der Waals surface area contributed by atoms with Gasteiger partial charge in [0.05, 0.1) is 5.69 Å². The van der Waals surface area contributed by atoms with E-state index in [1.165, 1.54) is 12.1 Å². The molecule has 140 valence electrons. The number of aromatic nitrogens is 4. The first-order valence-corrected chi connectivity index (χ1v) is 9.49. The molecular formula is C21H24FN5. The first kappa shape index (κ1) is 17.6. The molecule has 0 spiro atoms. The molecule has 1 atom stereocenters. The summed E-state index contributed by atoms with van der Waals surface area (Å²) in [6, 6.07) is 10.7. The molecule has 3 aromatic rings. The number of hydrogen-bond donors (Lipinski definition) is 0. The largest absolute Gasteiger partial charge is 0.354 e. The minimum Gasteiger partial charge on any atom is -0.354 e. The zero-order valence-electron chi connectivity index (χ0n) is 15.7. The molecule has 4 rings (SSSR count). The highest BCUT2D eigenvalue weighted by Crippen LogP contribution is 2.30. The molecule has 1 aromatic carbocycles. The van der Waals surface area contributed by atoms with E-state index in [1.54, 1.807) is 12.1 Å². The van der Waals surface area contributed by atoms with Crippen molar-refractivity contribution in [3.05, 3.63) is 60.4 Å². The van der Waals surface area contributed by atoms with Crippen LogP contribution in [-0.4, -0.2) is 32.8 Å². The predicted octanol–water partition coefficient (Wildman–Crippen LogP) is 4.44. The Bertz CT molecular complexity index is 886.